The van der Waals surface area contributed by atoms with Gasteiger partial charge in [0.2, 0.25) is 0 Å². The van der Waals surface area contributed by atoms with Crippen LogP contribution in [0.15, 0.2) is 48.5 Å². The molecule has 0 atom stereocenters. The second-order valence-corrected chi connectivity index (χ2v) is 6.30. The van der Waals surface area contributed by atoms with Crippen LogP contribution in [0.3, 0.4) is 0 Å². The van der Waals surface area contributed by atoms with Gasteiger partial charge in [-0.25, -0.2) is 0 Å². The molecule has 1 fully saturated rings. The molecule has 3 rings (SSSR count). The highest BCUT2D eigenvalue weighted by molar-refractivity contribution is 6.05. The molecule has 3 heteroatoms. The number of carbonyl (C=O) groups excluding carboxylic acids is 1. The van der Waals surface area contributed by atoms with E-state index < -0.39 is 0 Å². The standard InChI is InChI=1S/C20H24N2O/c1-16-7-3-4-8-19(16)20(23)21-18-11-9-17(10-12-18)15-22-13-5-2-6-14-22/h3-4,7-12H,2,5-6,13-15H2,1H3,(H,21,23). The van der Waals surface area contributed by atoms with Crippen LogP contribution < -0.4 is 5.32 Å². The first kappa shape index (κ1) is 15.8. The smallest absolute Gasteiger partial charge is 0.255 e. The summed E-state index contributed by atoms with van der Waals surface area (Å²) in [5.41, 5.74) is 3.87. The summed E-state index contributed by atoms with van der Waals surface area (Å²) >= 11 is 0. The quantitative estimate of drug-likeness (QED) is 0.916. The fraction of sp³-hybridized carbons (Fsp3) is 0.350. The summed E-state index contributed by atoms with van der Waals surface area (Å²) in [6.07, 6.45) is 3.98. The first-order chi connectivity index (χ1) is 11.2. The van der Waals surface area contributed by atoms with E-state index in [2.05, 4.69) is 22.3 Å². The highest BCUT2D eigenvalue weighted by Crippen LogP contribution is 2.16. The number of piperidine rings is 1. The van der Waals surface area contributed by atoms with Crippen molar-refractivity contribution < 1.29 is 4.79 Å². The number of hydrogen-bond acceptors (Lipinski definition) is 2. The molecule has 2 aromatic carbocycles. The van der Waals surface area contributed by atoms with E-state index in [9.17, 15) is 4.79 Å². The van der Waals surface area contributed by atoms with Crippen molar-refractivity contribution in [1.29, 1.82) is 0 Å². The normalized spacial score (nSPS) is 15.3. The summed E-state index contributed by atoms with van der Waals surface area (Å²) in [5, 5.41) is 2.98. The molecule has 1 amide bonds. The van der Waals surface area contributed by atoms with Crippen molar-refractivity contribution >= 4 is 11.6 Å². The SMILES string of the molecule is Cc1ccccc1C(=O)Nc1ccc(CN2CCCCC2)cc1. The molecule has 0 aromatic heterocycles. The van der Waals surface area contributed by atoms with Crippen molar-refractivity contribution in [2.24, 2.45) is 0 Å². The average Bonchev–Trinajstić information content (AvgIpc) is 2.58. The molecule has 2 aromatic rings. The van der Waals surface area contributed by atoms with E-state index in [1.54, 1.807) is 0 Å². The minimum Gasteiger partial charge on any atom is -0.322 e. The monoisotopic (exact) mass is 308 g/mol. The van der Waals surface area contributed by atoms with E-state index in [0.29, 0.717) is 0 Å². The van der Waals surface area contributed by atoms with Gasteiger partial charge in [0.05, 0.1) is 0 Å². The van der Waals surface area contributed by atoms with E-state index in [4.69, 9.17) is 0 Å². The van der Waals surface area contributed by atoms with Crippen molar-refractivity contribution in [2.45, 2.75) is 32.7 Å². The zero-order valence-corrected chi connectivity index (χ0v) is 13.7. The molecular weight excluding hydrogens is 284 g/mol. The Kier molecular flexibility index (Phi) is 5.09. The Bertz CT molecular complexity index is 658. The summed E-state index contributed by atoms with van der Waals surface area (Å²) in [6, 6.07) is 15.9. The Hall–Kier alpha value is -2.13. The summed E-state index contributed by atoms with van der Waals surface area (Å²) in [5.74, 6) is -0.0492. The Morgan fingerprint density at radius 3 is 2.39 bits per heavy atom. The van der Waals surface area contributed by atoms with Crippen LogP contribution in [0.25, 0.3) is 0 Å². The molecule has 1 saturated heterocycles. The zero-order chi connectivity index (χ0) is 16.1. The van der Waals surface area contributed by atoms with E-state index in [1.807, 2.05) is 43.3 Å². The zero-order valence-electron chi connectivity index (χ0n) is 13.7. The first-order valence-electron chi connectivity index (χ1n) is 8.41. The van der Waals surface area contributed by atoms with Crippen molar-refractivity contribution in [1.82, 2.24) is 4.90 Å². The second kappa shape index (κ2) is 7.42. The van der Waals surface area contributed by atoms with Crippen LogP contribution in [-0.2, 0) is 6.54 Å². The van der Waals surface area contributed by atoms with Crippen molar-refractivity contribution in [3.8, 4) is 0 Å². The number of nitrogens with zero attached hydrogens (tertiary/aromatic N) is 1. The van der Waals surface area contributed by atoms with Gasteiger partial charge in [0.15, 0.2) is 0 Å². The lowest BCUT2D eigenvalue weighted by atomic mass is 10.1. The third-order valence-corrected chi connectivity index (χ3v) is 4.46. The summed E-state index contributed by atoms with van der Waals surface area (Å²) < 4.78 is 0. The second-order valence-electron chi connectivity index (χ2n) is 6.30. The molecule has 0 bridgehead atoms. The van der Waals surface area contributed by atoms with Gasteiger partial charge in [-0.05, 0) is 62.2 Å². The first-order valence-corrected chi connectivity index (χ1v) is 8.41. The summed E-state index contributed by atoms with van der Waals surface area (Å²) in [6.45, 7) is 5.36. The molecule has 1 aliphatic rings. The number of anilines is 1. The number of likely N-dealkylation sites (tertiary alicyclic amines) is 1. The van der Waals surface area contributed by atoms with Gasteiger partial charge in [0.1, 0.15) is 0 Å². The fourth-order valence-corrected chi connectivity index (χ4v) is 3.10. The molecule has 1 heterocycles. The molecular formula is C20H24N2O. The molecule has 23 heavy (non-hydrogen) atoms. The van der Waals surface area contributed by atoms with Gasteiger partial charge in [0, 0.05) is 17.8 Å². The highest BCUT2D eigenvalue weighted by atomic mass is 16.1. The lowest BCUT2D eigenvalue weighted by Crippen LogP contribution is -2.29. The van der Waals surface area contributed by atoms with E-state index in [-0.39, 0.29) is 5.91 Å². The van der Waals surface area contributed by atoms with Crippen LogP contribution in [0, 0.1) is 6.92 Å². The Labute approximate surface area is 138 Å². The Balaban J connectivity index is 1.61. The van der Waals surface area contributed by atoms with Crippen LogP contribution in [0.2, 0.25) is 0 Å². The molecule has 0 saturated carbocycles. The minimum absolute atomic E-state index is 0.0492. The van der Waals surface area contributed by atoms with Gasteiger partial charge in [-0.3, -0.25) is 9.69 Å². The molecule has 3 nitrogen and oxygen atoms in total. The van der Waals surface area contributed by atoms with Crippen LogP contribution in [0.4, 0.5) is 5.69 Å². The Morgan fingerprint density at radius 2 is 1.70 bits per heavy atom. The van der Waals surface area contributed by atoms with Gasteiger partial charge in [-0.15, -0.1) is 0 Å². The number of carbonyl (C=O) groups is 1. The topological polar surface area (TPSA) is 32.3 Å². The molecule has 1 aliphatic heterocycles. The van der Waals surface area contributed by atoms with Crippen LogP contribution >= 0.6 is 0 Å². The fourth-order valence-electron chi connectivity index (χ4n) is 3.10. The molecule has 0 unspecified atom stereocenters. The van der Waals surface area contributed by atoms with E-state index in [1.165, 1.54) is 37.9 Å². The maximum atomic E-state index is 12.3. The predicted octanol–water partition coefficient (Wildman–Crippen LogP) is 4.23. The van der Waals surface area contributed by atoms with E-state index in [0.717, 1.165) is 23.4 Å². The number of aryl methyl sites for hydroxylation is 1. The maximum absolute atomic E-state index is 12.3. The third kappa shape index (κ3) is 4.20. The van der Waals surface area contributed by atoms with Crippen molar-refractivity contribution in [2.75, 3.05) is 18.4 Å². The largest absolute Gasteiger partial charge is 0.322 e. The number of hydrogen-bond donors (Lipinski definition) is 1. The van der Waals surface area contributed by atoms with Crippen LogP contribution in [-0.4, -0.2) is 23.9 Å². The maximum Gasteiger partial charge on any atom is 0.255 e. The predicted molar refractivity (Wildman–Crippen MR) is 94.7 cm³/mol. The van der Waals surface area contributed by atoms with Gasteiger partial charge in [-0.1, -0.05) is 36.8 Å². The third-order valence-electron chi connectivity index (χ3n) is 4.46. The van der Waals surface area contributed by atoms with Crippen LogP contribution in [0.1, 0.15) is 40.7 Å². The summed E-state index contributed by atoms with van der Waals surface area (Å²) in [4.78, 5) is 14.8. The van der Waals surface area contributed by atoms with Gasteiger partial charge in [-0.2, -0.15) is 0 Å². The molecule has 0 radical (unpaired) electrons. The number of amides is 1. The van der Waals surface area contributed by atoms with Gasteiger partial charge in [0.25, 0.3) is 5.91 Å². The molecule has 120 valence electrons. The molecule has 0 spiro atoms. The lowest BCUT2D eigenvalue weighted by molar-refractivity contribution is 0.102. The van der Waals surface area contributed by atoms with E-state index >= 15 is 0 Å². The van der Waals surface area contributed by atoms with Gasteiger partial charge < -0.3 is 5.32 Å². The Morgan fingerprint density at radius 1 is 1.00 bits per heavy atom. The van der Waals surface area contributed by atoms with Gasteiger partial charge >= 0.3 is 0 Å². The highest BCUT2D eigenvalue weighted by Gasteiger charge is 2.11. The average molecular weight is 308 g/mol. The minimum atomic E-state index is -0.0492. The lowest BCUT2D eigenvalue weighted by Gasteiger charge is -2.26. The number of nitrogens with one attached hydrogen (secondary N) is 1. The summed E-state index contributed by atoms with van der Waals surface area (Å²) in [7, 11) is 0. The molecule has 0 aliphatic carbocycles. The molecule has 1 N–H and O–H groups in total. The number of benzene rings is 2. The van der Waals surface area contributed by atoms with Crippen molar-refractivity contribution in [3.05, 3.63) is 65.2 Å². The van der Waals surface area contributed by atoms with Crippen LogP contribution in [0.5, 0.6) is 0 Å². The number of rotatable bonds is 4. The van der Waals surface area contributed by atoms with Crippen molar-refractivity contribution in [3.63, 3.8) is 0 Å².